The van der Waals surface area contributed by atoms with Crippen LogP contribution in [0.15, 0.2) is 27.0 Å². The number of hydrogen-bond donors (Lipinski definition) is 4. The summed E-state index contributed by atoms with van der Waals surface area (Å²) in [5.41, 5.74) is 7.10. The number of aromatic amines is 1. The van der Waals surface area contributed by atoms with Gasteiger partial charge in [-0.05, 0) is 43.8 Å². The van der Waals surface area contributed by atoms with Gasteiger partial charge in [0.15, 0.2) is 0 Å². The van der Waals surface area contributed by atoms with Gasteiger partial charge in [0, 0.05) is 7.05 Å². The number of nitrogens with one attached hydrogen (secondary N) is 2. The van der Waals surface area contributed by atoms with Gasteiger partial charge in [-0.25, -0.2) is 0 Å². The number of carbonyl (C=O) groups excluding carboxylic acids is 1. The fourth-order valence-corrected chi connectivity index (χ4v) is 2.26. The van der Waals surface area contributed by atoms with Gasteiger partial charge in [-0.15, -0.1) is 0 Å². The van der Waals surface area contributed by atoms with E-state index in [4.69, 9.17) is 5.73 Å². The highest BCUT2D eigenvalue weighted by atomic mass is 79.9. The highest BCUT2D eigenvalue weighted by Crippen LogP contribution is 2.22. The van der Waals surface area contributed by atoms with Crippen molar-refractivity contribution in [3.8, 4) is 11.8 Å². The van der Waals surface area contributed by atoms with E-state index in [-0.39, 0.29) is 18.7 Å². The third-order valence-corrected chi connectivity index (χ3v) is 4.58. The van der Waals surface area contributed by atoms with Crippen LogP contribution >= 0.6 is 31.9 Å². The number of quaternary nitrogens is 1. The average Bonchev–Trinajstić information content (AvgIpc) is 2.91. The number of aromatic nitrogens is 1. The summed E-state index contributed by atoms with van der Waals surface area (Å²) in [6, 6.07) is 1.70. The number of allylic oxidation sites excluding steroid dienone is 1. The molecule has 6 N–H and O–H groups in total. The molecule has 1 unspecified atom stereocenters. The Balaban J connectivity index is 1.86. The third-order valence-electron chi connectivity index (χ3n) is 2.80. The fraction of sp³-hybridized carbons (Fsp3) is 0.250. The second kappa shape index (κ2) is 6.45. The van der Waals surface area contributed by atoms with E-state index in [1.807, 2.05) is 23.5 Å². The van der Waals surface area contributed by atoms with Crippen LogP contribution in [0.5, 0.6) is 0 Å². The zero-order valence-corrected chi connectivity index (χ0v) is 13.9. The first-order valence-electron chi connectivity index (χ1n) is 5.83. The van der Waals surface area contributed by atoms with Crippen molar-refractivity contribution in [1.82, 2.24) is 15.2 Å². The van der Waals surface area contributed by atoms with Crippen LogP contribution in [0.1, 0.15) is 10.5 Å². The van der Waals surface area contributed by atoms with Crippen LogP contribution in [0.25, 0.3) is 0 Å². The zero-order chi connectivity index (χ0) is 14.7. The Morgan fingerprint density at radius 2 is 2.40 bits per heavy atom. The van der Waals surface area contributed by atoms with Crippen molar-refractivity contribution in [3.63, 3.8) is 0 Å². The lowest BCUT2D eigenvalue weighted by Crippen LogP contribution is -2.88. The maximum atomic E-state index is 11.8. The maximum absolute atomic E-state index is 11.8. The molecule has 0 aromatic carbocycles. The van der Waals surface area contributed by atoms with Gasteiger partial charge in [0.25, 0.3) is 5.91 Å². The largest absolute Gasteiger partial charge is 0.344 e. The molecule has 0 saturated carbocycles. The van der Waals surface area contributed by atoms with Crippen LogP contribution in [0.4, 0.5) is 0 Å². The van der Waals surface area contributed by atoms with E-state index >= 15 is 0 Å². The van der Waals surface area contributed by atoms with Gasteiger partial charge < -0.3 is 15.2 Å². The summed E-state index contributed by atoms with van der Waals surface area (Å²) in [5, 5.41) is 4.59. The van der Waals surface area contributed by atoms with E-state index in [2.05, 4.69) is 54.0 Å². The Kier molecular flexibility index (Phi) is 4.88. The maximum Gasteiger partial charge on any atom is 0.268 e. The quantitative estimate of drug-likeness (QED) is 0.518. The van der Waals surface area contributed by atoms with E-state index in [0.717, 1.165) is 14.8 Å². The van der Waals surface area contributed by atoms with Gasteiger partial charge in [-0.2, -0.15) is 0 Å². The van der Waals surface area contributed by atoms with Crippen LogP contribution < -0.4 is 16.4 Å². The normalized spacial score (nSPS) is 17.5. The molecule has 0 aliphatic carbocycles. The topological polar surface area (TPSA) is 90.8 Å². The Hall–Kier alpha value is -1.27. The molecule has 0 radical (unpaired) electrons. The van der Waals surface area contributed by atoms with Crippen LogP contribution in [-0.2, 0) is 0 Å². The molecule has 6 nitrogen and oxygen atoms in total. The Bertz CT molecular complexity index is 594. The fourth-order valence-electron chi connectivity index (χ4n) is 1.61. The van der Waals surface area contributed by atoms with E-state index < -0.39 is 0 Å². The minimum atomic E-state index is -0.206. The van der Waals surface area contributed by atoms with Crippen LogP contribution in [-0.4, -0.2) is 35.7 Å². The lowest BCUT2D eigenvalue weighted by Gasteiger charge is -2.13. The van der Waals surface area contributed by atoms with Crippen LogP contribution in [0, 0.1) is 11.8 Å². The zero-order valence-electron chi connectivity index (χ0n) is 10.7. The molecule has 0 spiro atoms. The molecule has 1 aliphatic heterocycles. The summed E-state index contributed by atoms with van der Waals surface area (Å²) < 4.78 is 1.53. The van der Waals surface area contributed by atoms with E-state index in [1.165, 1.54) is 0 Å². The second-order valence-electron chi connectivity index (χ2n) is 4.18. The standard InChI is InChI=1S/C12H13Br2N5O/c1-19-7(6-17-12(19)15)3-2-4-16-11(20)9-5-8(13)10(14)18-9/h5-6,12,17-18H,4,15H2,1H3,(H,16,20)/p+1. The minimum absolute atomic E-state index is 0.123. The summed E-state index contributed by atoms with van der Waals surface area (Å²) in [5.74, 6) is 5.66. The molecule has 1 aromatic heterocycles. The van der Waals surface area contributed by atoms with E-state index in [9.17, 15) is 4.79 Å². The molecule has 1 atom stereocenters. The number of nitrogens with zero attached hydrogens (tertiary/aromatic N) is 1. The van der Waals surface area contributed by atoms with Crippen LogP contribution in [0.3, 0.4) is 0 Å². The van der Waals surface area contributed by atoms with Gasteiger partial charge in [0.1, 0.15) is 17.6 Å². The van der Waals surface area contributed by atoms with Gasteiger partial charge in [-0.1, -0.05) is 5.92 Å². The van der Waals surface area contributed by atoms with Crippen molar-refractivity contribution in [1.29, 1.82) is 0 Å². The number of hydrogen-bond acceptors (Lipinski definition) is 3. The third kappa shape index (κ3) is 3.43. The number of rotatable bonds is 2. The summed E-state index contributed by atoms with van der Waals surface area (Å²) >= 11 is 6.59. The first-order chi connectivity index (χ1) is 9.49. The average molecular weight is 404 g/mol. The number of nitrogens with two attached hydrogens (primary N) is 2. The molecule has 106 valence electrons. The molecule has 0 bridgehead atoms. The molecular weight excluding hydrogens is 390 g/mol. The smallest absolute Gasteiger partial charge is 0.268 e. The number of H-pyrrole nitrogens is 1. The summed E-state index contributed by atoms with van der Waals surface area (Å²) in [6.45, 7) is 0.271. The molecule has 0 fully saturated rings. The molecule has 0 saturated heterocycles. The molecular formula is C12H14Br2N5O+. The first kappa shape index (κ1) is 15.1. The van der Waals surface area contributed by atoms with Gasteiger partial charge in [0.2, 0.25) is 6.29 Å². The van der Waals surface area contributed by atoms with Crippen molar-refractivity contribution in [3.05, 3.63) is 32.7 Å². The molecule has 1 aromatic rings. The Labute approximate surface area is 133 Å². The molecule has 2 rings (SSSR count). The predicted octanol–water partition coefficient (Wildman–Crippen LogP) is -0.135. The highest BCUT2D eigenvalue weighted by molar-refractivity contribution is 9.13. The van der Waals surface area contributed by atoms with Gasteiger partial charge in [-0.3, -0.25) is 15.8 Å². The lowest BCUT2D eigenvalue weighted by molar-refractivity contribution is -0.632. The van der Waals surface area contributed by atoms with Crippen molar-refractivity contribution in [2.24, 2.45) is 5.73 Å². The predicted molar refractivity (Wildman–Crippen MR) is 82.0 cm³/mol. The number of amides is 1. The first-order valence-corrected chi connectivity index (χ1v) is 7.42. The summed E-state index contributed by atoms with van der Waals surface area (Å²) in [7, 11) is 1.88. The number of carbonyl (C=O) groups is 1. The summed E-state index contributed by atoms with van der Waals surface area (Å²) in [4.78, 5) is 16.6. The molecule has 1 aliphatic rings. The molecule has 20 heavy (non-hydrogen) atoms. The second-order valence-corrected chi connectivity index (χ2v) is 5.82. The molecule has 8 heteroatoms. The van der Waals surface area contributed by atoms with Gasteiger partial charge in [0.05, 0.1) is 15.6 Å². The number of halogens is 2. The van der Waals surface area contributed by atoms with Crippen molar-refractivity contribution < 1.29 is 10.1 Å². The van der Waals surface area contributed by atoms with Crippen molar-refractivity contribution >= 4 is 37.8 Å². The van der Waals surface area contributed by atoms with Crippen molar-refractivity contribution in [2.45, 2.75) is 6.29 Å². The molecule has 2 heterocycles. The Morgan fingerprint density at radius 3 is 2.95 bits per heavy atom. The van der Waals surface area contributed by atoms with Crippen LogP contribution in [0.2, 0.25) is 0 Å². The summed E-state index contributed by atoms with van der Waals surface area (Å²) in [6.07, 6.45) is 1.75. The monoisotopic (exact) mass is 402 g/mol. The lowest BCUT2D eigenvalue weighted by atomic mass is 10.4. The minimum Gasteiger partial charge on any atom is -0.344 e. The van der Waals surface area contributed by atoms with E-state index in [1.54, 1.807) is 6.07 Å². The SMILES string of the molecule is CN1C(C#CCNC(=O)c2cc(Br)c(Br)[nH]2)=C[NH2+]C1N. The van der Waals surface area contributed by atoms with E-state index in [0.29, 0.717) is 5.69 Å². The highest BCUT2D eigenvalue weighted by Gasteiger charge is 2.20. The van der Waals surface area contributed by atoms with Crippen molar-refractivity contribution in [2.75, 3.05) is 13.6 Å². The molecule has 1 amide bonds. The Morgan fingerprint density at radius 1 is 1.65 bits per heavy atom. The van der Waals surface area contributed by atoms with Gasteiger partial charge >= 0.3 is 0 Å².